The van der Waals surface area contributed by atoms with Crippen molar-refractivity contribution < 1.29 is 4.39 Å². The van der Waals surface area contributed by atoms with Crippen LogP contribution in [0.1, 0.15) is 5.56 Å². The normalized spacial score (nSPS) is 10.4. The van der Waals surface area contributed by atoms with Gasteiger partial charge in [0.25, 0.3) is 0 Å². The summed E-state index contributed by atoms with van der Waals surface area (Å²) < 4.78 is 13.2. The standard InChI is InChI=1S/C12H8Cl3FN2/c13-8-4-10(15)12(18-6-8)17-5-7-1-2-9(14)11(16)3-7/h1-4,6H,5H2,(H,17,18). The summed E-state index contributed by atoms with van der Waals surface area (Å²) in [6, 6.07) is 6.17. The Morgan fingerprint density at radius 2 is 1.89 bits per heavy atom. The number of pyridine rings is 1. The van der Waals surface area contributed by atoms with Crippen molar-refractivity contribution in [1.82, 2.24) is 4.98 Å². The summed E-state index contributed by atoms with van der Waals surface area (Å²) in [5, 5.41) is 3.97. The van der Waals surface area contributed by atoms with E-state index in [0.717, 1.165) is 5.56 Å². The molecule has 0 radical (unpaired) electrons. The topological polar surface area (TPSA) is 24.9 Å². The summed E-state index contributed by atoms with van der Waals surface area (Å²) in [4.78, 5) is 4.04. The third-order valence-electron chi connectivity index (χ3n) is 2.25. The maximum atomic E-state index is 13.2. The smallest absolute Gasteiger partial charge is 0.145 e. The molecule has 0 unspecified atom stereocenters. The minimum Gasteiger partial charge on any atom is -0.365 e. The van der Waals surface area contributed by atoms with Gasteiger partial charge in [-0.2, -0.15) is 0 Å². The van der Waals surface area contributed by atoms with Crippen molar-refractivity contribution in [1.29, 1.82) is 0 Å². The fourth-order valence-corrected chi connectivity index (χ4v) is 1.94. The number of halogens is 4. The number of nitrogens with one attached hydrogen (secondary N) is 1. The van der Waals surface area contributed by atoms with Crippen LogP contribution in [0, 0.1) is 5.82 Å². The van der Waals surface area contributed by atoms with Crippen molar-refractivity contribution in [3.8, 4) is 0 Å². The second-order valence-electron chi connectivity index (χ2n) is 3.59. The van der Waals surface area contributed by atoms with E-state index in [1.165, 1.54) is 18.3 Å². The summed E-state index contributed by atoms with van der Waals surface area (Å²) in [5.74, 6) is 0.0440. The highest BCUT2D eigenvalue weighted by atomic mass is 35.5. The van der Waals surface area contributed by atoms with Gasteiger partial charge in [-0.05, 0) is 23.8 Å². The predicted octanol–water partition coefficient (Wildman–Crippen LogP) is 4.79. The van der Waals surface area contributed by atoms with Gasteiger partial charge in [-0.15, -0.1) is 0 Å². The molecular formula is C12H8Cl3FN2. The van der Waals surface area contributed by atoms with E-state index >= 15 is 0 Å². The highest BCUT2D eigenvalue weighted by molar-refractivity contribution is 6.35. The van der Waals surface area contributed by atoms with Gasteiger partial charge in [-0.3, -0.25) is 0 Å². The first kappa shape index (κ1) is 13.4. The molecule has 0 amide bonds. The van der Waals surface area contributed by atoms with Gasteiger partial charge in [0, 0.05) is 12.7 Å². The van der Waals surface area contributed by atoms with E-state index in [1.807, 2.05) is 0 Å². The summed E-state index contributed by atoms with van der Waals surface area (Å²) >= 11 is 17.3. The van der Waals surface area contributed by atoms with Crippen LogP contribution in [0.25, 0.3) is 0 Å². The monoisotopic (exact) mass is 304 g/mol. The first-order valence-electron chi connectivity index (χ1n) is 5.05. The highest BCUT2D eigenvalue weighted by Gasteiger charge is 2.04. The zero-order valence-corrected chi connectivity index (χ0v) is 11.3. The van der Waals surface area contributed by atoms with E-state index < -0.39 is 5.82 Å². The Morgan fingerprint density at radius 3 is 2.56 bits per heavy atom. The van der Waals surface area contributed by atoms with E-state index in [9.17, 15) is 4.39 Å². The number of aromatic nitrogens is 1. The third kappa shape index (κ3) is 3.25. The minimum atomic E-state index is -0.453. The molecule has 0 aliphatic carbocycles. The third-order valence-corrected chi connectivity index (χ3v) is 3.05. The first-order chi connectivity index (χ1) is 8.56. The average molecular weight is 306 g/mol. The van der Waals surface area contributed by atoms with Crippen molar-refractivity contribution in [2.24, 2.45) is 0 Å². The zero-order valence-electron chi connectivity index (χ0n) is 9.05. The van der Waals surface area contributed by atoms with Crippen LogP contribution < -0.4 is 5.32 Å². The highest BCUT2D eigenvalue weighted by Crippen LogP contribution is 2.23. The molecule has 1 aromatic heterocycles. The zero-order chi connectivity index (χ0) is 13.1. The lowest BCUT2D eigenvalue weighted by Gasteiger charge is -2.08. The van der Waals surface area contributed by atoms with E-state index in [-0.39, 0.29) is 5.02 Å². The van der Waals surface area contributed by atoms with E-state index in [1.54, 1.807) is 12.1 Å². The van der Waals surface area contributed by atoms with Gasteiger partial charge < -0.3 is 5.32 Å². The van der Waals surface area contributed by atoms with E-state index in [0.29, 0.717) is 22.4 Å². The van der Waals surface area contributed by atoms with Crippen molar-refractivity contribution in [3.63, 3.8) is 0 Å². The predicted molar refractivity (Wildman–Crippen MR) is 73.0 cm³/mol. The van der Waals surface area contributed by atoms with Crippen LogP contribution in [-0.4, -0.2) is 4.98 Å². The Kier molecular flexibility index (Phi) is 4.27. The SMILES string of the molecule is Fc1cc(CNc2ncc(Cl)cc2Cl)ccc1Cl. The van der Waals surface area contributed by atoms with Crippen LogP contribution >= 0.6 is 34.8 Å². The number of hydrogen-bond acceptors (Lipinski definition) is 2. The van der Waals surface area contributed by atoms with Gasteiger partial charge in [0.05, 0.1) is 15.1 Å². The van der Waals surface area contributed by atoms with Crippen molar-refractivity contribution in [2.45, 2.75) is 6.54 Å². The quantitative estimate of drug-likeness (QED) is 0.881. The Bertz CT molecular complexity index is 575. The molecule has 2 aromatic rings. The number of hydrogen-bond donors (Lipinski definition) is 1. The summed E-state index contributed by atoms with van der Waals surface area (Å²) in [6.45, 7) is 0.391. The van der Waals surface area contributed by atoms with Gasteiger partial charge in [0.1, 0.15) is 11.6 Å². The molecule has 0 saturated heterocycles. The lowest BCUT2D eigenvalue weighted by molar-refractivity contribution is 0.626. The number of nitrogens with zero attached hydrogens (tertiary/aromatic N) is 1. The largest absolute Gasteiger partial charge is 0.365 e. The average Bonchev–Trinajstić information content (AvgIpc) is 2.32. The summed E-state index contributed by atoms with van der Waals surface area (Å²) in [6.07, 6.45) is 1.48. The van der Waals surface area contributed by atoms with Crippen LogP contribution in [0.15, 0.2) is 30.5 Å². The molecule has 1 N–H and O–H groups in total. The van der Waals surface area contributed by atoms with Crippen LogP contribution in [0.3, 0.4) is 0 Å². The molecule has 0 bridgehead atoms. The van der Waals surface area contributed by atoms with Crippen molar-refractivity contribution in [2.75, 3.05) is 5.32 Å². The van der Waals surface area contributed by atoms with Crippen LogP contribution in [0.2, 0.25) is 15.1 Å². The summed E-state index contributed by atoms with van der Waals surface area (Å²) in [7, 11) is 0. The van der Waals surface area contributed by atoms with Gasteiger partial charge in [-0.1, -0.05) is 40.9 Å². The molecule has 0 saturated carbocycles. The fraction of sp³-hybridized carbons (Fsp3) is 0.0833. The van der Waals surface area contributed by atoms with Gasteiger partial charge in [0.2, 0.25) is 0 Å². The first-order valence-corrected chi connectivity index (χ1v) is 6.18. The van der Waals surface area contributed by atoms with Crippen LogP contribution in [-0.2, 0) is 6.54 Å². The Labute approximate surface area is 119 Å². The molecule has 0 spiro atoms. The molecule has 94 valence electrons. The number of rotatable bonds is 3. The lowest BCUT2D eigenvalue weighted by atomic mass is 10.2. The molecule has 2 rings (SSSR count). The molecule has 2 nitrogen and oxygen atoms in total. The maximum Gasteiger partial charge on any atom is 0.145 e. The Morgan fingerprint density at radius 1 is 1.11 bits per heavy atom. The Hall–Kier alpha value is -1.03. The van der Waals surface area contributed by atoms with Crippen molar-refractivity contribution >= 4 is 40.6 Å². The number of benzene rings is 1. The molecule has 1 aromatic carbocycles. The summed E-state index contributed by atoms with van der Waals surface area (Å²) in [5.41, 5.74) is 0.740. The van der Waals surface area contributed by atoms with Gasteiger partial charge in [0.15, 0.2) is 0 Å². The second kappa shape index (κ2) is 5.74. The lowest BCUT2D eigenvalue weighted by Crippen LogP contribution is -2.02. The minimum absolute atomic E-state index is 0.0985. The molecule has 0 fully saturated rings. The molecule has 1 heterocycles. The van der Waals surface area contributed by atoms with Crippen molar-refractivity contribution in [3.05, 3.63) is 56.9 Å². The molecule has 18 heavy (non-hydrogen) atoms. The van der Waals surface area contributed by atoms with Crippen LogP contribution in [0.5, 0.6) is 0 Å². The Balaban J connectivity index is 2.09. The molecule has 0 atom stereocenters. The molecule has 0 aliphatic rings. The molecule has 6 heteroatoms. The number of anilines is 1. The molecular weight excluding hydrogens is 298 g/mol. The van der Waals surface area contributed by atoms with Gasteiger partial charge >= 0.3 is 0 Å². The van der Waals surface area contributed by atoms with Crippen LogP contribution in [0.4, 0.5) is 10.2 Å². The van der Waals surface area contributed by atoms with E-state index in [4.69, 9.17) is 34.8 Å². The molecule has 0 aliphatic heterocycles. The maximum absolute atomic E-state index is 13.2. The second-order valence-corrected chi connectivity index (χ2v) is 4.84. The fourth-order valence-electron chi connectivity index (χ4n) is 1.38. The van der Waals surface area contributed by atoms with Gasteiger partial charge in [-0.25, -0.2) is 9.37 Å². The van der Waals surface area contributed by atoms with E-state index in [2.05, 4.69) is 10.3 Å².